The largest absolute Gasteiger partial charge is 0.398 e. The Hall–Kier alpha value is -1.88. The van der Waals surface area contributed by atoms with Gasteiger partial charge in [0.1, 0.15) is 9.88 Å². The molecule has 0 fully saturated rings. The molecule has 0 saturated carbocycles. The molecule has 5 heteroatoms. The van der Waals surface area contributed by atoms with E-state index in [0.717, 1.165) is 11.1 Å². The Morgan fingerprint density at radius 1 is 1.44 bits per heavy atom. The lowest BCUT2D eigenvalue weighted by molar-refractivity contribution is 0.100. The van der Waals surface area contributed by atoms with Crippen molar-refractivity contribution >= 4 is 22.9 Å². The summed E-state index contributed by atoms with van der Waals surface area (Å²) in [6, 6.07) is 5.73. The highest BCUT2D eigenvalue weighted by Crippen LogP contribution is 2.30. The van der Waals surface area contributed by atoms with Crippen LogP contribution in [0.4, 0.5) is 5.69 Å². The Bertz CT molecular complexity index is 548. The summed E-state index contributed by atoms with van der Waals surface area (Å²) in [7, 11) is 0. The van der Waals surface area contributed by atoms with Crippen molar-refractivity contribution in [1.29, 1.82) is 0 Å². The van der Waals surface area contributed by atoms with Crippen LogP contribution in [0.25, 0.3) is 10.6 Å². The summed E-state index contributed by atoms with van der Waals surface area (Å²) in [6.07, 6.45) is 1.47. The summed E-state index contributed by atoms with van der Waals surface area (Å²) >= 11 is 1.25. The minimum Gasteiger partial charge on any atom is -0.398 e. The van der Waals surface area contributed by atoms with E-state index in [1.165, 1.54) is 17.5 Å². The standard InChI is InChI=1S/C11H11N3OS/c1-6-2-3-7(8(12)4-6)11-14-5-9(16-11)10(13)15/h2-5H,12H2,1H3,(H2,13,15). The average Bonchev–Trinajstić information content (AvgIpc) is 2.66. The van der Waals surface area contributed by atoms with Crippen molar-refractivity contribution in [2.75, 3.05) is 5.73 Å². The van der Waals surface area contributed by atoms with E-state index in [1.54, 1.807) is 0 Å². The number of hydrogen-bond donors (Lipinski definition) is 2. The number of benzene rings is 1. The second kappa shape index (κ2) is 3.94. The fraction of sp³-hybridized carbons (Fsp3) is 0.0909. The number of nitrogens with two attached hydrogens (primary N) is 2. The molecular formula is C11H11N3OS. The summed E-state index contributed by atoms with van der Waals surface area (Å²) in [5.74, 6) is -0.463. The number of anilines is 1. The lowest BCUT2D eigenvalue weighted by Gasteiger charge is -2.02. The maximum absolute atomic E-state index is 10.9. The number of amides is 1. The van der Waals surface area contributed by atoms with Crippen molar-refractivity contribution in [3.8, 4) is 10.6 Å². The van der Waals surface area contributed by atoms with Gasteiger partial charge in [-0.15, -0.1) is 11.3 Å². The van der Waals surface area contributed by atoms with Crippen LogP contribution in [0.3, 0.4) is 0 Å². The molecule has 1 aromatic carbocycles. The van der Waals surface area contributed by atoms with E-state index in [2.05, 4.69) is 4.98 Å². The Morgan fingerprint density at radius 3 is 2.75 bits per heavy atom. The highest BCUT2D eigenvalue weighted by atomic mass is 32.1. The lowest BCUT2D eigenvalue weighted by Crippen LogP contribution is -2.08. The van der Waals surface area contributed by atoms with Crippen molar-refractivity contribution in [2.45, 2.75) is 6.92 Å². The molecule has 0 saturated heterocycles. The normalized spacial score (nSPS) is 10.3. The summed E-state index contributed by atoms with van der Waals surface area (Å²) in [4.78, 5) is 15.5. The quantitative estimate of drug-likeness (QED) is 0.776. The van der Waals surface area contributed by atoms with E-state index >= 15 is 0 Å². The number of nitrogen functional groups attached to an aromatic ring is 1. The molecule has 0 spiro atoms. The summed E-state index contributed by atoms with van der Waals surface area (Å²) < 4.78 is 0. The molecule has 0 radical (unpaired) electrons. The minimum atomic E-state index is -0.463. The third-order valence-corrected chi connectivity index (χ3v) is 3.23. The van der Waals surface area contributed by atoms with Crippen molar-refractivity contribution in [2.24, 2.45) is 5.73 Å². The van der Waals surface area contributed by atoms with Crippen molar-refractivity contribution < 1.29 is 4.79 Å². The predicted octanol–water partition coefficient (Wildman–Crippen LogP) is 1.80. The molecule has 16 heavy (non-hydrogen) atoms. The third-order valence-electron chi connectivity index (χ3n) is 2.19. The van der Waals surface area contributed by atoms with Gasteiger partial charge < -0.3 is 11.5 Å². The van der Waals surface area contributed by atoms with E-state index in [-0.39, 0.29) is 0 Å². The first-order chi connectivity index (χ1) is 7.58. The van der Waals surface area contributed by atoms with E-state index in [1.807, 2.05) is 25.1 Å². The Balaban J connectivity index is 2.46. The van der Waals surface area contributed by atoms with Gasteiger partial charge in [-0.05, 0) is 24.6 Å². The molecular weight excluding hydrogens is 222 g/mol. The molecule has 0 unspecified atom stereocenters. The number of nitrogens with zero attached hydrogens (tertiary/aromatic N) is 1. The monoisotopic (exact) mass is 233 g/mol. The SMILES string of the molecule is Cc1ccc(-c2ncc(C(N)=O)s2)c(N)c1. The maximum Gasteiger partial charge on any atom is 0.260 e. The van der Waals surface area contributed by atoms with Gasteiger partial charge in [0.15, 0.2) is 0 Å². The molecule has 2 aromatic rings. The van der Waals surface area contributed by atoms with Gasteiger partial charge in [-0.25, -0.2) is 4.98 Å². The highest BCUT2D eigenvalue weighted by molar-refractivity contribution is 7.17. The number of carbonyl (C=O) groups excluding carboxylic acids is 1. The van der Waals surface area contributed by atoms with Crippen LogP contribution in [0, 0.1) is 6.92 Å². The van der Waals surface area contributed by atoms with Crippen LogP contribution >= 0.6 is 11.3 Å². The molecule has 1 aromatic heterocycles. The van der Waals surface area contributed by atoms with Crippen LogP contribution in [0.15, 0.2) is 24.4 Å². The number of rotatable bonds is 2. The first kappa shape index (κ1) is 10.6. The average molecular weight is 233 g/mol. The molecule has 0 aliphatic carbocycles. The van der Waals surface area contributed by atoms with Crippen LogP contribution < -0.4 is 11.5 Å². The molecule has 0 aliphatic rings. The number of carbonyl (C=O) groups is 1. The third kappa shape index (κ3) is 1.90. The zero-order chi connectivity index (χ0) is 11.7. The van der Waals surface area contributed by atoms with Gasteiger partial charge in [-0.2, -0.15) is 0 Å². The van der Waals surface area contributed by atoms with Crippen molar-refractivity contribution in [3.05, 3.63) is 34.8 Å². The first-order valence-electron chi connectivity index (χ1n) is 4.70. The first-order valence-corrected chi connectivity index (χ1v) is 5.51. The van der Waals surface area contributed by atoms with E-state index in [4.69, 9.17) is 11.5 Å². The fourth-order valence-corrected chi connectivity index (χ4v) is 2.21. The van der Waals surface area contributed by atoms with Gasteiger partial charge in [-0.1, -0.05) is 6.07 Å². The second-order valence-electron chi connectivity index (χ2n) is 3.48. The van der Waals surface area contributed by atoms with Gasteiger partial charge in [0.25, 0.3) is 5.91 Å². The number of thiazole rings is 1. The molecule has 2 rings (SSSR count). The fourth-order valence-electron chi connectivity index (χ4n) is 1.39. The Morgan fingerprint density at radius 2 is 2.19 bits per heavy atom. The molecule has 4 N–H and O–H groups in total. The van der Waals surface area contributed by atoms with E-state index < -0.39 is 5.91 Å². The summed E-state index contributed by atoms with van der Waals surface area (Å²) in [5, 5.41) is 0.714. The number of aromatic nitrogens is 1. The molecule has 0 bridgehead atoms. The number of primary amides is 1. The van der Waals surface area contributed by atoms with Crippen LogP contribution in [-0.2, 0) is 0 Å². The van der Waals surface area contributed by atoms with E-state index in [0.29, 0.717) is 15.6 Å². The molecule has 4 nitrogen and oxygen atoms in total. The van der Waals surface area contributed by atoms with Gasteiger partial charge in [0, 0.05) is 11.3 Å². The molecule has 1 amide bonds. The molecule has 82 valence electrons. The zero-order valence-corrected chi connectivity index (χ0v) is 9.54. The van der Waals surface area contributed by atoms with Gasteiger partial charge in [0.2, 0.25) is 0 Å². The lowest BCUT2D eigenvalue weighted by atomic mass is 10.1. The van der Waals surface area contributed by atoms with Gasteiger partial charge in [0.05, 0.1) is 6.20 Å². The highest BCUT2D eigenvalue weighted by Gasteiger charge is 2.10. The minimum absolute atomic E-state index is 0.440. The second-order valence-corrected chi connectivity index (χ2v) is 4.52. The summed E-state index contributed by atoms with van der Waals surface area (Å²) in [6.45, 7) is 1.97. The molecule has 0 atom stereocenters. The van der Waals surface area contributed by atoms with Gasteiger partial charge >= 0.3 is 0 Å². The Labute approximate surface area is 96.9 Å². The topological polar surface area (TPSA) is 82.0 Å². The summed E-state index contributed by atoms with van der Waals surface area (Å²) in [5.41, 5.74) is 13.6. The Kier molecular flexibility index (Phi) is 2.62. The predicted molar refractivity (Wildman–Crippen MR) is 65.2 cm³/mol. The van der Waals surface area contributed by atoms with Crippen molar-refractivity contribution in [1.82, 2.24) is 4.98 Å². The van der Waals surface area contributed by atoms with Crippen LogP contribution in [0.2, 0.25) is 0 Å². The molecule has 1 heterocycles. The molecule has 0 aliphatic heterocycles. The number of aryl methyl sites for hydroxylation is 1. The zero-order valence-electron chi connectivity index (χ0n) is 8.73. The van der Waals surface area contributed by atoms with Crippen LogP contribution in [-0.4, -0.2) is 10.9 Å². The number of hydrogen-bond acceptors (Lipinski definition) is 4. The smallest absolute Gasteiger partial charge is 0.260 e. The van der Waals surface area contributed by atoms with Crippen molar-refractivity contribution in [3.63, 3.8) is 0 Å². The maximum atomic E-state index is 10.9. The van der Waals surface area contributed by atoms with Gasteiger partial charge in [-0.3, -0.25) is 4.79 Å². The van der Waals surface area contributed by atoms with Crippen LogP contribution in [0.1, 0.15) is 15.2 Å². The van der Waals surface area contributed by atoms with E-state index in [9.17, 15) is 4.79 Å². The van der Waals surface area contributed by atoms with Crippen LogP contribution in [0.5, 0.6) is 0 Å².